The van der Waals surface area contributed by atoms with Crippen LogP contribution >= 0.6 is 11.3 Å². The lowest BCUT2D eigenvalue weighted by Gasteiger charge is -2.35. The first-order valence-corrected chi connectivity index (χ1v) is 8.83. The van der Waals surface area contributed by atoms with E-state index in [2.05, 4.69) is 6.07 Å². The molecular weight excluding hydrogens is 326 g/mol. The Hall–Kier alpha value is -2.12. The first-order valence-electron chi connectivity index (χ1n) is 7.95. The number of thiophene rings is 1. The minimum absolute atomic E-state index is 0.109. The molecule has 0 unspecified atom stereocenters. The van der Waals surface area contributed by atoms with Gasteiger partial charge in [0.25, 0.3) is 5.91 Å². The molecule has 7 heteroatoms. The van der Waals surface area contributed by atoms with Crippen molar-refractivity contribution in [1.29, 1.82) is 0 Å². The molecule has 0 aromatic carbocycles. The zero-order valence-electron chi connectivity index (χ0n) is 13.7. The van der Waals surface area contributed by atoms with Crippen LogP contribution in [0.25, 0.3) is 0 Å². The summed E-state index contributed by atoms with van der Waals surface area (Å²) in [4.78, 5) is 31.5. The highest BCUT2D eigenvalue weighted by Gasteiger charge is 2.26. The van der Waals surface area contributed by atoms with Gasteiger partial charge in [0.1, 0.15) is 0 Å². The Morgan fingerprint density at radius 1 is 1.17 bits per heavy atom. The Morgan fingerprint density at radius 3 is 2.54 bits per heavy atom. The summed E-state index contributed by atoms with van der Waals surface area (Å²) in [5.74, 6) is 0.353. The van der Waals surface area contributed by atoms with E-state index in [4.69, 9.17) is 4.42 Å². The molecule has 0 saturated carbocycles. The second kappa shape index (κ2) is 7.63. The molecule has 3 heterocycles. The Kier molecular flexibility index (Phi) is 5.32. The fourth-order valence-corrected chi connectivity index (χ4v) is 3.55. The van der Waals surface area contributed by atoms with E-state index in [1.54, 1.807) is 28.4 Å². The summed E-state index contributed by atoms with van der Waals surface area (Å²) in [7, 11) is 1.95. The van der Waals surface area contributed by atoms with Gasteiger partial charge in [0.05, 0.1) is 12.8 Å². The van der Waals surface area contributed by atoms with Crippen LogP contribution in [0.1, 0.15) is 15.4 Å². The van der Waals surface area contributed by atoms with E-state index in [0.29, 0.717) is 38.5 Å². The molecule has 0 aliphatic carbocycles. The Labute approximate surface area is 145 Å². The van der Waals surface area contributed by atoms with E-state index in [-0.39, 0.29) is 11.8 Å². The summed E-state index contributed by atoms with van der Waals surface area (Å²) in [5, 5.41) is 2.04. The van der Waals surface area contributed by atoms with E-state index in [1.165, 1.54) is 11.1 Å². The van der Waals surface area contributed by atoms with Gasteiger partial charge in [-0.05, 0) is 30.6 Å². The average molecular weight is 347 g/mol. The minimum atomic E-state index is -0.109. The fraction of sp³-hybridized carbons (Fsp3) is 0.412. The monoisotopic (exact) mass is 347 g/mol. The van der Waals surface area contributed by atoms with Gasteiger partial charge in [0.15, 0.2) is 5.76 Å². The van der Waals surface area contributed by atoms with Crippen LogP contribution in [-0.2, 0) is 11.3 Å². The van der Waals surface area contributed by atoms with Crippen molar-refractivity contribution in [3.8, 4) is 0 Å². The van der Waals surface area contributed by atoms with Crippen molar-refractivity contribution in [1.82, 2.24) is 14.7 Å². The molecule has 2 aromatic heterocycles. The van der Waals surface area contributed by atoms with Gasteiger partial charge in [0, 0.05) is 37.6 Å². The lowest BCUT2D eigenvalue weighted by molar-refractivity contribution is -0.133. The van der Waals surface area contributed by atoms with E-state index in [1.807, 2.05) is 28.3 Å². The highest BCUT2D eigenvalue weighted by molar-refractivity contribution is 7.09. The molecular formula is C17H21N3O3S. The highest BCUT2D eigenvalue weighted by atomic mass is 32.1. The number of hydrogen-bond acceptors (Lipinski definition) is 5. The van der Waals surface area contributed by atoms with Crippen molar-refractivity contribution >= 4 is 23.2 Å². The van der Waals surface area contributed by atoms with Crippen molar-refractivity contribution in [2.45, 2.75) is 6.54 Å². The second-order valence-electron chi connectivity index (χ2n) is 5.90. The van der Waals surface area contributed by atoms with E-state index < -0.39 is 0 Å². The minimum Gasteiger partial charge on any atom is -0.459 e. The van der Waals surface area contributed by atoms with E-state index in [9.17, 15) is 9.59 Å². The molecule has 0 atom stereocenters. The SMILES string of the molecule is CN(CC(=O)N1CCN(C(=O)c2ccco2)CC1)Cc1cccs1. The molecule has 0 radical (unpaired) electrons. The lowest BCUT2D eigenvalue weighted by atomic mass is 10.2. The molecule has 24 heavy (non-hydrogen) atoms. The molecule has 2 aromatic rings. The number of rotatable bonds is 5. The number of amides is 2. The van der Waals surface area contributed by atoms with Gasteiger partial charge in [0.2, 0.25) is 5.91 Å². The van der Waals surface area contributed by atoms with Crippen molar-refractivity contribution < 1.29 is 14.0 Å². The van der Waals surface area contributed by atoms with Crippen LogP contribution in [0.15, 0.2) is 40.3 Å². The molecule has 1 fully saturated rings. The predicted molar refractivity (Wildman–Crippen MR) is 91.8 cm³/mol. The summed E-state index contributed by atoms with van der Waals surface area (Å²) in [6.45, 7) is 3.39. The van der Waals surface area contributed by atoms with Gasteiger partial charge < -0.3 is 14.2 Å². The van der Waals surface area contributed by atoms with Gasteiger partial charge in [-0.2, -0.15) is 0 Å². The number of hydrogen-bond donors (Lipinski definition) is 0. The molecule has 1 aliphatic heterocycles. The smallest absolute Gasteiger partial charge is 0.289 e. The normalized spacial score (nSPS) is 15.1. The quantitative estimate of drug-likeness (QED) is 0.827. The van der Waals surface area contributed by atoms with Gasteiger partial charge >= 0.3 is 0 Å². The first-order chi connectivity index (χ1) is 11.6. The van der Waals surface area contributed by atoms with Crippen molar-refractivity contribution in [3.05, 3.63) is 46.5 Å². The second-order valence-corrected chi connectivity index (χ2v) is 6.93. The Balaban J connectivity index is 1.45. The fourth-order valence-electron chi connectivity index (χ4n) is 2.77. The number of nitrogens with zero attached hydrogens (tertiary/aromatic N) is 3. The van der Waals surface area contributed by atoms with Gasteiger partial charge in [-0.3, -0.25) is 14.5 Å². The van der Waals surface area contributed by atoms with Crippen LogP contribution in [0, 0.1) is 0 Å². The van der Waals surface area contributed by atoms with Crippen LogP contribution in [0.5, 0.6) is 0 Å². The largest absolute Gasteiger partial charge is 0.459 e. The third-order valence-corrected chi connectivity index (χ3v) is 4.92. The molecule has 6 nitrogen and oxygen atoms in total. The topological polar surface area (TPSA) is 57.0 Å². The van der Waals surface area contributed by atoms with Crippen molar-refractivity contribution in [2.24, 2.45) is 0 Å². The summed E-state index contributed by atoms with van der Waals surface area (Å²) >= 11 is 1.70. The lowest BCUT2D eigenvalue weighted by Crippen LogP contribution is -2.52. The van der Waals surface area contributed by atoms with Crippen molar-refractivity contribution in [3.63, 3.8) is 0 Å². The summed E-state index contributed by atoms with van der Waals surface area (Å²) in [6, 6.07) is 7.46. The molecule has 0 bridgehead atoms. The van der Waals surface area contributed by atoms with Crippen LogP contribution < -0.4 is 0 Å². The maximum absolute atomic E-state index is 12.4. The number of likely N-dealkylation sites (N-methyl/N-ethyl adjacent to an activating group) is 1. The molecule has 0 N–H and O–H groups in total. The summed E-state index contributed by atoms with van der Waals surface area (Å²) in [5.41, 5.74) is 0. The molecule has 1 saturated heterocycles. The number of carbonyl (C=O) groups is 2. The van der Waals surface area contributed by atoms with E-state index >= 15 is 0 Å². The van der Waals surface area contributed by atoms with Crippen LogP contribution in [0.3, 0.4) is 0 Å². The summed E-state index contributed by atoms with van der Waals surface area (Å²) < 4.78 is 5.15. The molecule has 1 aliphatic rings. The average Bonchev–Trinajstić information content (AvgIpc) is 3.27. The highest BCUT2D eigenvalue weighted by Crippen LogP contribution is 2.12. The molecule has 2 amide bonds. The van der Waals surface area contributed by atoms with Gasteiger partial charge in [-0.15, -0.1) is 11.3 Å². The number of carbonyl (C=O) groups excluding carboxylic acids is 2. The molecule has 128 valence electrons. The molecule has 0 spiro atoms. The Bertz CT molecular complexity index is 661. The maximum Gasteiger partial charge on any atom is 0.289 e. The van der Waals surface area contributed by atoms with Crippen molar-refractivity contribution in [2.75, 3.05) is 39.8 Å². The first kappa shape index (κ1) is 16.7. The zero-order chi connectivity index (χ0) is 16.9. The predicted octanol–water partition coefficient (Wildman–Crippen LogP) is 1.76. The van der Waals surface area contributed by atoms with E-state index in [0.717, 1.165) is 6.54 Å². The maximum atomic E-state index is 12.4. The third-order valence-electron chi connectivity index (χ3n) is 4.06. The van der Waals surface area contributed by atoms with Crippen LogP contribution in [0.2, 0.25) is 0 Å². The third kappa shape index (κ3) is 4.04. The summed E-state index contributed by atoms with van der Waals surface area (Å²) in [6.07, 6.45) is 1.50. The standard InChI is InChI=1S/C17H21N3O3S/c1-18(12-14-4-3-11-24-14)13-16(21)19-6-8-20(9-7-19)17(22)15-5-2-10-23-15/h2-5,10-11H,6-9,12-13H2,1H3. The zero-order valence-corrected chi connectivity index (χ0v) is 14.5. The van der Waals surface area contributed by atoms with Crippen LogP contribution in [-0.4, -0.2) is 66.3 Å². The Morgan fingerprint density at radius 2 is 1.92 bits per heavy atom. The van der Waals surface area contributed by atoms with Gasteiger partial charge in [-0.1, -0.05) is 6.07 Å². The number of piperazine rings is 1. The van der Waals surface area contributed by atoms with Gasteiger partial charge in [-0.25, -0.2) is 0 Å². The molecule has 3 rings (SSSR count). The number of furan rings is 1. The van der Waals surface area contributed by atoms with Crippen LogP contribution in [0.4, 0.5) is 0 Å².